The van der Waals surface area contributed by atoms with Gasteiger partial charge in [0.15, 0.2) is 5.11 Å². The average Bonchev–Trinajstić information content (AvgIpc) is 3.44. The number of thiocarbonyl (C=S) groups is 1. The molecule has 1 saturated heterocycles. The highest BCUT2D eigenvalue weighted by atomic mass is 32.1. The molecule has 1 aromatic carbocycles. The van der Waals surface area contributed by atoms with Crippen molar-refractivity contribution in [3.63, 3.8) is 0 Å². The molecular weight excluding hydrogens is 422 g/mol. The van der Waals surface area contributed by atoms with Crippen molar-refractivity contribution in [2.24, 2.45) is 0 Å². The monoisotopic (exact) mass is 447 g/mol. The predicted molar refractivity (Wildman–Crippen MR) is 127 cm³/mol. The van der Waals surface area contributed by atoms with E-state index in [1.807, 2.05) is 36.7 Å². The molecule has 7 nitrogen and oxygen atoms in total. The Kier molecular flexibility index (Phi) is 5.61. The number of non-ortho nitro benzene ring substituents is 1. The number of nitro benzene ring substituents is 1. The molecule has 2 fully saturated rings. The molecule has 5 rings (SSSR count). The second kappa shape index (κ2) is 8.70. The van der Waals surface area contributed by atoms with Gasteiger partial charge in [0.2, 0.25) is 0 Å². The molecule has 0 radical (unpaired) electrons. The molecular formula is C24H25N5O2S. The van der Waals surface area contributed by atoms with E-state index in [9.17, 15) is 10.1 Å². The summed E-state index contributed by atoms with van der Waals surface area (Å²) in [4.78, 5) is 17.7. The van der Waals surface area contributed by atoms with Crippen molar-refractivity contribution >= 4 is 23.0 Å². The topological polar surface area (TPSA) is 76.2 Å². The van der Waals surface area contributed by atoms with Gasteiger partial charge in [-0.2, -0.15) is 0 Å². The molecule has 1 aliphatic heterocycles. The van der Waals surface area contributed by atoms with Crippen molar-refractivity contribution in [1.29, 1.82) is 0 Å². The van der Waals surface area contributed by atoms with Crippen LogP contribution in [0, 0.1) is 10.1 Å². The maximum absolute atomic E-state index is 11.1. The van der Waals surface area contributed by atoms with Crippen molar-refractivity contribution in [2.75, 3.05) is 0 Å². The van der Waals surface area contributed by atoms with Crippen molar-refractivity contribution in [1.82, 2.24) is 19.8 Å². The van der Waals surface area contributed by atoms with Crippen molar-refractivity contribution in [2.45, 2.75) is 50.2 Å². The predicted octanol–water partition coefficient (Wildman–Crippen LogP) is 5.09. The lowest BCUT2D eigenvalue weighted by atomic mass is 9.92. The first-order chi connectivity index (χ1) is 15.6. The number of nitro groups is 1. The molecule has 1 saturated carbocycles. The summed E-state index contributed by atoms with van der Waals surface area (Å²) in [5, 5.41) is 15.4. The largest absolute Gasteiger partial charge is 0.352 e. The van der Waals surface area contributed by atoms with Gasteiger partial charge in [0.1, 0.15) is 0 Å². The van der Waals surface area contributed by atoms with Gasteiger partial charge in [0.05, 0.1) is 22.7 Å². The second-order valence-electron chi connectivity index (χ2n) is 8.40. The van der Waals surface area contributed by atoms with Crippen LogP contribution in [-0.2, 0) is 0 Å². The van der Waals surface area contributed by atoms with Gasteiger partial charge in [-0.1, -0.05) is 25.3 Å². The highest BCUT2D eigenvalue weighted by Crippen LogP contribution is 2.43. The molecule has 3 heterocycles. The number of rotatable bonds is 5. The first-order valence-electron chi connectivity index (χ1n) is 11.1. The first kappa shape index (κ1) is 20.6. The van der Waals surface area contributed by atoms with Crippen LogP contribution in [0.5, 0.6) is 0 Å². The minimum absolute atomic E-state index is 0.0225. The van der Waals surface area contributed by atoms with E-state index in [0.29, 0.717) is 6.04 Å². The first-order valence-corrected chi connectivity index (χ1v) is 11.5. The van der Waals surface area contributed by atoms with E-state index in [0.717, 1.165) is 35.0 Å². The molecule has 1 N–H and O–H groups in total. The Morgan fingerprint density at radius 2 is 1.81 bits per heavy atom. The third-order valence-corrected chi connectivity index (χ3v) is 6.85. The van der Waals surface area contributed by atoms with Crippen LogP contribution in [0.2, 0.25) is 0 Å². The lowest BCUT2D eigenvalue weighted by molar-refractivity contribution is -0.384. The van der Waals surface area contributed by atoms with Crippen molar-refractivity contribution in [3.05, 3.63) is 88.5 Å². The van der Waals surface area contributed by atoms with Crippen LogP contribution in [0.25, 0.3) is 5.69 Å². The van der Waals surface area contributed by atoms with E-state index in [-0.39, 0.29) is 22.7 Å². The molecule has 0 amide bonds. The summed E-state index contributed by atoms with van der Waals surface area (Å²) in [5.41, 5.74) is 3.01. The number of nitrogens with zero attached hydrogens (tertiary/aromatic N) is 4. The zero-order chi connectivity index (χ0) is 22.1. The Labute approximate surface area is 192 Å². The Hall–Kier alpha value is -3.26. The standard InChI is InChI=1S/C24H25N5O2S/c30-29(31)19-13-11-17(12-14-19)27-16-6-10-21(27)23-22(20-9-4-5-15-25-20)26-24(32)28(23)18-7-2-1-3-8-18/h4-6,9-16,18,22-23H,1-3,7-8H2,(H,26,32)/t22-,23+/m0/s1. The number of hydrogen-bond acceptors (Lipinski definition) is 4. The fourth-order valence-corrected chi connectivity index (χ4v) is 5.43. The normalized spacial score (nSPS) is 21.5. The zero-order valence-electron chi connectivity index (χ0n) is 17.6. The molecule has 32 heavy (non-hydrogen) atoms. The van der Waals surface area contributed by atoms with Gasteiger partial charge in [-0.05, 0) is 61.5 Å². The van der Waals surface area contributed by atoms with Crippen LogP contribution in [0.4, 0.5) is 5.69 Å². The second-order valence-corrected chi connectivity index (χ2v) is 8.79. The summed E-state index contributed by atoms with van der Waals surface area (Å²) in [6.07, 6.45) is 9.79. The Bertz CT molecular complexity index is 1110. The molecule has 2 aliphatic rings. The van der Waals surface area contributed by atoms with Crippen molar-refractivity contribution < 1.29 is 4.92 Å². The summed E-state index contributed by atoms with van der Waals surface area (Å²) in [7, 11) is 0. The smallest absolute Gasteiger partial charge is 0.269 e. The Balaban J connectivity index is 1.58. The molecule has 1 aliphatic carbocycles. The molecule has 2 atom stereocenters. The van der Waals surface area contributed by atoms with Gasteiger partial charge in [0, 0.05) is 41.9 Å². The average molecular weight is 448 g/mol. The Morgan fingerprint density at radius 1 is 1.03 bits per heavy atom. The fraction of sp³-hybridized carbons (Fsp3) is 0.333. The lowest BCUT2D eigenvalue weighted by Crippen LogP contribution is -2.40. The number of hydrogen-bond donors (Lipinski definition) is 1. The van der Waals surface area contributed by atoms with E-state index < -0.39 is 0 Å². The summed E-state index contributed by atoms with van der Waals surface area (Å²) in [6.45, 7) is 0. The van der Waals surface area contributed by atoms with Gasteiger partial charge in [-0.15, -0.1) is 0 Å². The third kappa shape index (κ3) is 3.75. The van der Waals surface area contributed by atoms with E-state index in [1.54, 1.807) is 24.3 Å². The van der Waals surface area contributed by atoms with Gasteiger partial charge >= 0.3 is 0 Å². The van der Waals surface area contributed by atoms with Crippen LogP contribution < -0.4 is 5.32 Å². The quantitative estimate of drug-likeness (QED) is 0.334. The van der Waals surface area contributed by atoms with Crippen LogP contribution in [0.1, 0.15) is 55.6 Å². The summed E-state index contributed by atoms with van der Waals surface area (Å²) >= 11 is 5.86. The maximum Gasteiger partial charge on any atom is 0.269 e. The number of pyridine rings is 1. The molecule has 2 aromatic heterocycles. The summed E-state index contributed by atoms with van der Waals surface area (Å²) < 4.78 is 2.11. The Morgan fingerprint density at radius 3 is 2.50 bits per heavy atom. The van der Waals surface area contributed by atoms with E-state index in [2.05, 4.69) is 25.8 Å². The minimum Gasteiger partial charge on any atom is -0.352 e. The van der Waals surface area contributed by atoms with Crippen LogP contribution in [0.3, 0.4) is 0 Å². The molecule has 0 bridgehead atoms. The number of aromatic nitrogens is 2. The lowest BCUT2D eigenvalue weighted by Gasteiger charge is -2.37. The summed E-state index contributed by atoms with van der Waals surface area (Å²) in [5.74, 6) is 0. The highest BCUT2D eigenvalue weighted by molar-refractivity contribution is 7.80. The van der Waals surface area contributed by atoms with Gasteiger partial charge < -0.3 is 14.8 Å². The zero-order valence-corrected chi connectivity index (χ0v) is 18.4. The van der Waals surface area contributed by atoms with E-state index in [4.69, 9.17) is 12.2 Å². The molecule has 0 spiro atoms. The van der Waals surface area contributed by atoms with Gasteiger partial charge in [0.25, 0.3) is 5.69 Å². The maximum atomic E-state index is 11.1. The van der Waals surface area contributed by atoms with Crippen molar-refractivity contribution in [3.8, 4) is 5.69 Å². The highest BCUT2D eigenvalue weighted by Gasteiger charge is 2.44. The van der Waals surface area contributed by atoms with E-state index in [1.165, 1.54) is 19.3 Å². The fourth-order valence-electron chi connectivity index (χ4n) is 5.04. The van der Waals surface area contributed by atoms with Crippen LogP contribution >= 0.6 is 12.2 Å². The van der Waals surface area contributed by atoms with E-state index >= 15 is 0 Å². The molecule has 3 aromatic rings. The third-order valence-electron chi connectivity index (χ3n) is 6.53. The SMILES string of the molecule is O=[N+]([O-])c1ccc(-n2cccc2[C@@H]2[C@H](c3ccccn3)NC(=S)N2C2CCCCC2)cc1. The number of benzene rings is 1. The molecule has 164 valence electrons. The number of nitrogens with one attached hydrogen (secondary N) is 1. The van der Waals surface area contributed by atoms with Gasteiger partial charge in [-0.3, -0.25) is 15.1 Å². The van der Waals surface area contributed by atoms with Gasteiger partial charge in [-0.25, -0.2) is 0 Å². The van der Waals surface area contributed by atoms with Crippen LogP contribution in [0.15, 0.2) is 67.0 Å². The van der Waals surface area contributed by atoms with Crippen LogP contribution in [-0.4, -0.2) is 30.5 Å². The molecule has 0 unspecified atom stereocenters. The molecule has 8 heteroatoms. The summed E-state index contributed by atoms with van der Waals surface area (Å²) in [6, 6.07) is 17.1. The minimum atomic E-state index is -0.373.